The third kappa shape index (κ3) is 4.40. The van der Waals surface area contributed by atoms with Crippen LogP contribution in [0.2, 0.25) is 0 Å². The Bertz CT molecular complexity index is 1450. The number of carbonyl (C=O) groups is 2. The number of aryl methyl sites for hydroxylation is 2. The van der Waals surface area contributed by atoms with E-state index in [1.54, 1.807) is 41.0 Å². The van der Waals surface area contributed by atoms with Crippen LogP contribution in [0.3, 0.4) is 0 Å². The van der Waals surface area contributed by atoms with E-state index in [4.69, 9.17) is 9.47 Å². The number of carboxylic acid groups (broad SMARTS) is 1. The Balaban J connectivity index is 1.29. The molecule has 2 heterocycles. The van der Waals surface area contributed by atoms with Crippen molar-refractivity contribution in [3.8, 4) is 11.5 Å². The lowest BCUT2D eigenvalue weighted by atomic mass is 10.1. The third-order valence-corrected chi connectivity index (χ3v) is 6.56. The number of carbonyl (C=O) groups excluding carboxylic acids is 1. The van der Waals surface area contributed by atoms with Crippen molar-refractivity contribution < 1.29 is 24.2 Å². The normalized spacial score (nSPS) is 14.9. The molecular formula is C29H28N2O5. The topological polar surface area (TPSA) is 81.0 Å². The van der Waals surface area contributed by atoms with Crippen LogP contribution in [0, 0.1) is 13.8 Å². The summed E-state index contributed by atoms with van der Waals surface area (Å²) in [5.74, 6) is 0.440. The van der Waals surface area contributed by atoms with Crippen LogP contribution in [0.1, 0.15) is 27.2 Å². The Labute approximate surface area is 209 Å². The number of carboxylic acids is 1. The van der Waals surface area contributed by atoms with Crippen molar-refractivity contribution in [3.05, 3.63) is 89.1 Å². The first kappa shape index (κ1) is 23.5. The zero-order chi connectivity index (χ0) is 25.4. The first-order valence-corrected chi connectivity index (χ1v) is 11.9. The zero-order valence-corrected chi connectivity index (χ0v) is 20.5. The van der Waals surface area contributed by atoms with E-state index in [9.17, 15) is 14.7 Å². The lowest BCUT2D eigenvalue weighted by Gasteiger charge is -2.34. The highest BCUT2D eigenvalue weighted by Crippen LogP contribution is 2.35. The van der Waals surface area contributed by atoms with Crippen LogP contribution in [0.4, 0.5) is 5.69 Å². The number of nitrogens with zero attached hydrogens (tertiary/aromatic N) is 2. The molecule has 0 aliphatic carbocycles. The number of aliphatic carboxylic acids is 1. The number of para-hydroxylation sites is 1. The Hall–Kier alpha value is -4.26. The van der Waals surface area contributed by atoms with Crippen molar-refractivity contribution in [2.75, 3.05) is 25.1 Å². The van der Waals surface area contributed by atoms with Crippen LogP contribution >= 0.6 is 0 Å². The van der Waals surface area contributed by atoms with Gasteiger partial charge >= 0.3 is 5.97 Å². The summed E-state index contributed by atoms with van der Waals surface area (Å²) in [4.78, 5) is 26.8. The van der Waals surface area contributed by atoms with Crippen molar-refractivity contribution in [1.82, 2.24) is 4.57 Å². The smallest absolute Gasteiger partial charge is 0.307 e. The fraction of sp³-hybridized carbons (Fsp3) is 0.241. The molecule has 1 unspecified atom stereocenters. The van der Waals surface area contributed by atoms with Crippen molar-refractivity contribution in [1.29, 1.82) is 0 Å². The second kappa shape index (κ2) is 9.41. The van der Waals surface area contributed by atoms with Gasteiger partial charge in [-0.2, -0.15) is 0 Å². The number of aromatic nitrogens is 1. The molecule has 3 aromatic carbocycles. The molecule has 7 heteroatoms. The van der Waals surface area contributed by atoms with Crippen molar-refractivity contribution in [2.24, 2.45) is 0 Å². The van der Waals surface area contributed by atoms with Crippen LogP contribution in [0.25, 0.3) is 10.9 Å². The fourth-order valence-electron chi connectivity index (χ4n) is 4.94. The predicted octanol–water partition coefficient (Wildman–Crippen LogP) is 4.85. The van der Waals surface area contributed by atoms with E-state index < -0.39 is 5.97 Å². The maximum Gasteiger partial charge on any atom is 0.307 e. The van der Waals surface area contributed by atoms with E-state index in [1.165, 1.54) is 5.56 Å². The molecule has 7 nitrogen and oxygen atoms in total. The summed E-state index contributed by atoms with van der Waals surface area (Å²) in [6.45, 7) is 5.03. The van der Waals surface area contributed by atoms with Gasteiger partial charge in [-0.25, -0.2) is 0 Å². The highest BCUT2D eigenvalue weighted by Gasteiger charge is 2.25. The molecule has 1 aromatic heterocycles. The molecule has 184 valence electrons. The summed E-state index contributed by atoms with van der Waals surface area (Å²) < 4.78 is 13.8. The summed E-state index contributed by atoms with van der Waals surface area (Å²) in [6.07, 6.45) is -0.202. The van der Waals surface area contributed by atoms with E-state index in [2.05, 4.69) is 24.9 Å². The van der Waals surface area contributed by atoms with Gasteiger partial charge in [-0.3, -0.25) is 14.2 Å². The maximum atomic E-state index is 13.4. The van der Waals surface area contributed by atoms with Gasteiger partial charge in [-0.15, -0.1) is 0 Å². The second-order valence-corrected chi connectivity index (χ2v) is 9.22. The summed E-state index contributed by atoms with van der Waals surface area (Å²) in [7, 11) is 2.05. The monoisotopic (exact) mass is 484 g/mol. The largest absolute Gasteiger partial charge is 0.490 e. The Morgan fingerprint density at radius 3 is 2.56 bits per heavy atom. The summed E-state index contributed by atoms with van der Waals surface area (Å²) in [5.41, 5.74) is 4.95. The molecule has 0 amide bonds. The SMILES string of the molecule is Cc1cccc2c1N(C)CC(COc1ccc(C(=O)n3c(C)cc4c(CC(=O)O)cccc43)cc1)O2. The number of fused-ring (bicyclic) bond motifs is 2. The molecule has 0 bridgehead atoms. The molecule has 5 rings (SSSR count). The molecule has 0 radical (unpaired) electrons. The molecule has 0 spiro atoms. The maximum absolute atomic E-state index is 13.4. The van der Waals surface area contributed by atoms with Gasteiger partial charge in [0.1, 0.15) is 24.2 Å². The van der Waals surface area contributed by atoms with Crippen LogP contribution in [0.5, 0.6) is 11.5 Å². The molecule has 36 heavy (non-hydrogen) atoms. The predicted molar refractivity (Wildman–Crippen MR) is 139 cm³/mol. The van der Waals surface area contributed by atoms with Gasteiger partial charge in [0.15, 0.2) is 0 Å². The first-order valence-electron chi connectivity index (χ1n) is 11.9. The highest BCUT2D eigenvalue weighted by atomic mass is 16.5. The second-order valence-electron chi connectivity index (χ2n) is 9.22. The van der Waals surface area contributed by atoms with E-state index in [1.807, 2.05) is 31.2 Å². The van der Waals surface area contributed by atoms with Gasteiger partial charge in [-0.05, 0) is 67.4 Å². The van der Waals surface area contributed by atoms with Crippen LogP contribution in [-0.2, 0) is 11.2 Å². The number of rotatable bonds is 6. The third-order valence-electron chi connectivity index (χ3n) is 6.56. The average Bonchev–Trinajstić information content (AvgIpc) is 3.19. The van der Waals surface area contributed by atoms with E-state index in [0.717, 1.165) is 29.1 Å². The summed E-state index contributed by atoms with van der Waals surface area (Å²) >= 11 is 0. The van der Waals surface area contributed by atoms with Gasteiger partial charge in [0.25, 0.3) is 5.91 Å². The minimum atomic E-state index is -0.903. The zero-order valence-electron chi connectivity index (χ0n) is 20.5. The molecule has 1 atom stereocenters. The molecule has 0 fully saturated rings. The van der Waals surface area contributed by atoms with Crippen molar-refractivity contribution in [2.45, 2.75) is 26.4 Å². The molecular weight excluding hydrogens is 456 g/mol. The standard InChI is InChI=1S/C29H28N2O5/c1-18-6-4-9-26-28(18)30(3)16-23(36-26)17-35-22-12-10-20(11-13-22)29(34)31-19(2)14-24-21(15-27(32)33)7-5-8-25(24)31/h4-14,23H,15-17H2,1-3H3,(H,32,33). The molecule has 0 saturated carbocycles. The highest BCUT2D eigenvalue weighted by molar-refractivity contribution is 6.04. The minimum Gasteiger partial charge on any atom is -0.490 e. The number of ether oxygens (including phenoxy) is 2. The lowest BCUT2D eigenvalue weighted by Crippen LogP contribution is -2.41. The molecule has 1 aliphatic heterocycles. The van der Waals surface area contributed by atoms with E-state index >= 15 is 0 Å². The van der Waals surface area contributed by atoms with Crippen LogP contribution < -0.4 is 14.4 Å². The molecule has 4 aromatic rings. The summed E-state index contributed by atoms with van der Waals surface area (Å²) in [6, 6.07) is 20.4. The number of anilines is 1. The van der Waals surface area contributed by atoms with Gasteiger partial charge in [0.05, 0.1) is 24.2 Å². The summed E-state index contributed by atoms with van der Waals surface area (Å²) in [5, 5.41) is 9.99. The molecule has 0 saturated heterocycles. The molecule has 1 aliphatic rings. The van der Waals surface area contributed by atoms with Crippen LogP contribution in [0.15, 0.2) is 66.7 Å². The van der Waals surface area contributed by atoms with E-state index in [-0.39, 0.29) is 18.4 Å². The van der Waals surface area contributed by atoms with Gasteiger partial charge in [-0.1, -0.05) is 24.3 Å². The van der Waals surface area contributed by atoms with Gasteiger partial charge in [0, 0.05) is 23.7 Å². The molecule has 1 N–H and O–H groups in total. The lowest BCUT2D eigenvalue weighted by molar-refractivity contribution is -0.136. The Morgan fingerprint density at radius 2 is 1.81 bits per heavy atom. The quantitative estimate of drug-likeness (QED) is 0.421. The average molecular weight is 485 g/mol. The van der Waals surface area contributed by atoms with Crippen LogP contribution in [-0.4, -0.2) is 47.9 Å². The number of hydrogen-bond donors (Lipinski definition) is 1. The number of likely N-dealkylation sites (N-methyl/N-ethyl adjacent to an activating group) is 1. The van der Waals surface area contributed by atoms with Gasteiger partial charge < -0.3 is 19.5 Å². The first-order chi connectivity index (χ1) is 17.3. The van der Waals surface area contributed by atoms with Gasteiger partial charge in [0.2, 0.25) is 0 Å². The van der Waals surface area contributed by atoms with Crippen molar-refractivity contribution >= 4 is 28.5 Å². The van der Waals surface area contributed by atoms with E-state index in [0.29, 0.717) is 29.0 Å². The fourth-order valence-corrected chi connectivity index (χ4v) is 4.94. The Kier molecular flexibility index (Phi) is 6.14. The van der Waals surface area contributed by atoms with Crippen molar-refractivity contribution in [3.63, 3.8) is 0 Å². The Morgan fingerprint density at radius 1 is 1.06 bits per heavy atom. The number of hydrogen-bond acceptors (Lipinski definition) is 5. The number of benzene rings is 3. The minimum absolute atomic E-state index is 0.0906.